The highest BCUT2D eigenvalue weighted by atomic mass is 19.1. The predicted octanol–water partition coefficient (Wildman–Crippen LogP) is 1.39. The Morgan fingerprint density at radius 2 is 1.87 bits per heavy atom. The molecule has 158 valence electrons. The number of carbonyl (C=O) groups is 2. The van der Waals surface area contributed by atoms with Gasteiger partial charge < -0.3 is 19.3 Å². The van der Waals surface area contributed by atoms with Gasteiger partial charge in [-0.3, -0.25) is 9.69 Å². The Balaban J connectivity index is 1.42. The molecular formula is C20H22FN5O4. The van der Waals surface area contributed by atoms with E-state index in [-0.39, 0.29) is 24.0 Å². The third-order valence-corrected chi connectivity index (χ3v) is 5.24. The van der Waals surface area contributed by atoms with Crippen LogP contribution in [0.2, 0.25) is 0 Å². The molecule has 2 amide bonds. The molecule has 0 saturated carbocycles. The van der Waals surface area contributed by atoms with Gasteiger partial charge in [0.2, 0.25) is 5.91 Å². The molecule has 0 aliphatic carbocycles. The van der Waals surface area contributed by atoms with Crippen LogP contribution in [0.4, 0.5) is 15.0 Å². The summed E-state index contributed by atoms with van der Waals surface area (Å²) in [5.41, 5.74) is 0.844. The molecule has 0 bridgehead atoms. The molecule has 0 radical (unpaired) electrons. The molecule has 0 N–H and O–H groups in total. The van der Waals surface area contributed by atoms with Crippen molar-refractivity contribution in [3.63, 3.8) is 0 Å². The number of nitrogens with zero attached hydrogens (tertiary/aromatic N) is 5. The second kappa shape index (κ2) is 8.52. The maximum atomic E-state index is 15.2. The fourth-order valence-electron chi connectivity index (χ4n) is 3.53. The molecule has 2 aromatic rings. The summed E-state index contributed by atoms with van der Waals surface area (Å²) >= 11 is 0. The van der Waals surface area contributed by atoms with E-state index in [1.54, 1.807) is 41.2 Å². The number of anilines is 1. The highest BCUT2D eigenvalue weighted by Crippen LogP contribution is 2.28. The normalized spacial score (nSPS) is 16.6. The van der Waals surface area contributed by atoms with Gasteiger partial charge in [0.05, 0.1) is 13.7 Å². The summed E-state index contributed by atoms with van der Waals surface area (Å²) in [4.78, 5) is 37.1. The van der Waals surface area contributed by atoms with E-state index in [9.17, 15) is 9.59 Å². The van der Waals surface area contributed by atoms with E-state index in [4.69, 9.17) is 9.47 Å². The van der Waals surface area contributed by atoms with Crippen LogP contribution in [0.3, 0.4) is 0 Å². The SMILES string of the molecule is COc1ccc(-c2ncnc(N3CCN(C(=O)CN4CCOC4=O)CC3)c2F)cc1. The molecule has 2 aliphatic rings. The van der Waals surface area contributed by atoms with Crippen molar-refractivity contribution in [3.8, 4) is 17.0 Å². The van der Waals surface area contributed by atoms with Gasteiger partial charge in [-0.2, -0.15) is 0 Å². The number of amides is 2. The maximum Gasteiger partial charge on any atom is 0.410 e. The first-order valence-corrected chi connectivity index (χ1v) is 9.66. The van der Waals surface area contributed by atoms with Gasteiger partial charge in [-0.1, -0.05) is 0 Å². The van der Waals surface area contributed by atoms with Crippen molar-refractivity contribution < 1.29 is 23.5 Å². The second-order valence-electron chi connectivity index (χ2n) is 6.99. The Morgan fingerprint density at radius 1 is 1.13 bits per heavy atom. The van der Waals surface area contributed by atoms with Crippen molar-refractivity contribution in [3.05, 3.63) is 36.4 Å². The minimum Gasteiger partial charge on any atom is -0.497 e. The van der Waals surface area contributed by atoms with Crippen molar-refractivity contribution in [1.82, 2.24) is 19.8 Å². The van der Waals surface area contributed by atoms with Gasteiger partial charge in [-0.15, -0.1) is 0 Å². The average molecular weight is 415 g/mol. The van der Waals surface area contributed by atoms with E-state index in [0.29, 0.717) is 50.6 Å². The quantitative estimate of drug-likeness (QED) is 0.729. The molecule has 9 nitrogen and oxygen atoms in total. The van der Waals surface area contributed by atoms with Crippen LogP contribution >= 0.6 is 0 Å². The van der Waals surface area contributed by atoms with Crippen molar-refractivity contribution >= 4 is 17.8 Å². The van der Waals surface area contributed by atoms with Crippen molar-refractivity contribution in [2.75, 3.05) is 57.9 Å². The summed E-state index contributed by atoms with van der Waals surface area (Å²) in [6.45, 7) is 2.45. The van der Waals surface area contributed by atoms with E-state index in [0.717, 1.165) is 0 Å². The van der Waals surface area contributed by atoms with Crippen LogP contribution in [0.1, 0.15) is 0 Å². The number of aromatic nitrogens is 2. The standard InChI is InChI=1S/C20H22FN5O4/c1-29-15-4-2-14(3-5-15)18-17(21)19(23-13-22-18)25-8-6-24(7-9-25)16(27)12-26-10-11-30-20(26)28/h2-5,13H,6-12H2,1H3. The van der Waals surface area contributed by atoms with Crippen molar-refractivity contribution in [2.24, 2.45) is 0 Å². The first-order valence-electron chi connectivity index (χ1n) is 9.66. The summed E-state index contributed by atoms with van der Waals surface area (Å²) in [6.07, 6.45) is 0.880. The number of hydrogen-bond acceptors (Lipinski definition) is 7. The van der Waals surface area contributed by atoms with E-state index in [2.05, 4.69) is 9.97 Å². The number of carbonyl (C=O) groups excluding carboxylic acids is 2. The Labute approximate surface area is 173 Å². The fourth-order valence-corrected chi connectivity index (χ4v) is 3.53. The van der Waals surface area contributed by atoms with E-state index in [1.165, 1.54) is 11.2 Å². The molecule has 3 heterocycles. The Kier molecular flexibility index (Phi) is 5.64. The lowest BCUT2D eigenvalue weighted by Crippen LogP contribution is -2.51. The van der Waals surface area contributed by atoms with Crippen molar-refractivity contribution in [2.45, 2.75) is 0 Å². The summed E-state index contributed by atoms with van der Waals surface area (Å²) in [6, 6.07) is 6.98. The summed E-state index contributed by atoms with van der Waals surface area (Å²) in [5.74, 6) is 0.250. The lowest BCUT2D eigenvalue weighted by Gasteiger charge is -2.36. The first kappa shape index (κ1) is 19.9. The number of halogens is 1. The number of hydrogen-bond donors (Lipinski definition) is 0. The minimum atomic E-state index is -0.498. The topological polar surface area (TPSA) is 88.1 Å². The van der Waals surface area contributed by atoms with Gasteiger partial charge in [0.1, 0.15) is 30.9 Å². The average Bonchev–Trinajstić information content (AvgIpc) is 3.18. The number of cyclic esters (lactones) is 1. The largest absolute Gasteiger partial charge is 0.497 e. The molecule has 1 aromatic carbocycles. The fraction of sp³-hybridized carbons (Fsp3) is 0.400. The molecule has 0 atom stereocenters. The van der Waals surface area contributed by atoms with Crippen LogP contribution in [0.5, 0.6) is 5.75 Å². The van der Waals surface area contributed by atoms with Crippen LogP contribution < -0.4 is 9.64 Å². The Bertz CT molecular complexity index is 931. The molecule has 0 spiro atoms. The number of ether oxygens (including phenoxy) is 2. The Hall–Kier alpha value is -3.43. The highest BCUT2D eigenvalue weighted by Gasteiger charge is 2.29. The molecule has 0 unspecified atom stereocenters. The lowest BCUT2D eigenvalue weighted by atomic mass is 10.1. The van der Waals surface area contributed by atoms with Gasteiger partial charge in [-0.25, -0.2) is 19.2 Å². The molecular weight excluding hydrogens is 393 g/mol. The summed E-state index contributed by atoms with van der Waals surface area (Å²) in [7, 11) is 1.57. The molecule has 1 aromatic heterocycles. The van der Waals surface area contributed by atoms with Crippen LogP contribution in [0.25, 0.3) is 11.3 Å². The molecule has 30 heavy (non-hydrogen) atoms. The molecule has 2 fully saturated rings. The molecule has 4 rings (SSSR count). The number of methoxy groups -OCH3 is 1. The number of benzene rings is 1. The van der Waals surface area contributed by atoms with Gasteiger partial charge in [0.15, 0.2) is 11.6 Å². The maximum absolute atomic E-state index is 15.2. The minimum absolute atomic E-state index is 0.00230. The summed E-state index contributed by atoms with van der Waals surface area (Å²) < 4.78 is 25.1. The first-order chi connectivity index (χ1) is 14.6. The molecule has 2 aliphatic heterocycles. The zero-order chi connectivity index (χ0) is 21.1. The smallest absolute Gasteiger partial charge is 0.410 e. The molecule has 2 saturated heterocycles. The van der Waals surface area contributed by atoms with E-state index < -0.39 is 11.9 Å². The van der Waals surface area contributed by atoms with Gasteiger partial charge in [-0.05, 0) is 24.3 Å². The van der Waals surface area contributed by atoms with Gasteiger partial charge in [0.25, 0.3) is 0 Å². The Morgan fingerprint density at radius 3 is 2.50 bits per heavy atom. The zero-order valence-electron chi connectivity index (χ0n) is 16.6. The van der Waals surface area contributed by atoms with Crippen LogP contribution in [-0.4, -0.2) is 84.8 Å². The van der Waals surface area contributed by atoms with Gasteiger partial charge >= 0.3 is 6.09 Å². The van der Waals surface area contributed by atoms with Crippen LogP contribution in [0, 0.1) is 5.82 Å². The highest BCUT2D eigenvalue weighted by molar-refractivity contribution is 5.83. The third kappa shape index (κ3) is 3.98. The number of rotatable bonds is 5. The second-order valence-corrected chi connectivity index (χ2v) is 6.99. The lowest BCUT2D eigenvalue weighted by molar-refractivity contribution is -0.132. The van der Waals surface area contributed by atoms with Crippen LogP contribution in [-0.2, 0) is 9.53 Å². The number of piperazine rings is 1. The summed E-state index contributed by atoms with van der Waals surface area (Å²) in [5, 5.41) is 0. The molecule has 10 heteroatoms. The third-order valence-electron chi connectivity index (χ3n) is 5.24. The van der Waals surface area contributed by atoms with Gasteiger partial charge in [0, 0.05) is 31.7 Å². The van der Waals surface area contributed by atoms with Crippen LogP contribution in [0.15, 0.2) is 30.6 Å². The van der Waals surface area contributed by atoms with Crippen molar-refractivity contribution in [1.29, 1.82) is 0 Å². The van der Waals surface area contributed by atoms with E-state index >= 15 is 4.39 Å². The zero-order valence-corrected chi connectivity index (χ0v) is 16.6. The monoisotopic (exact) mass is 415 g/mol. The predicted molar refractivity (Wildman–Crippen MR) is 106 cm³/mol. The van der Waals surface area contributed by atoms with E-state index in [1.807, 2.05) is 0 Å².